The standard InChI is InChI=1S/C13H14ClNS/c14-12-5-3-11(4-6-12)13(9-15-10-16)7-1-2-8-13/h3-6H,1-2,7-9H2. The first kappa shape index (κ1) is 11.8. The summed E-state index contributed by atoms with van der Waals surface area (Å²) in [4.78, 5) is 4.16. The Morgan fingerprint density at radius 2 is 1.88 bits per heavy atom. The second-order valence-electron chi connectivity index (χ2n) is 4.40. The summed E-state index contributed by atoms with van der Waals surface area (Å²) in [5.41, 5.74) is 1.51. The Bertz CT molecular complexity index is 400. The number of hydrogen-bond acceptors (Lipinski definition) is 2. The van der Waals surface area contributed by atoms with Crippen molar-refractivity contribution in [3.63, 3.8) is 0 Å². The summed E-state index contributed by atoms with van der Waals surface area (Å²) in [5.74, 6) is 0. The third-order valence-electron chi connectivity index (χ3n) is 3.46. The first-order valence-corrected chi connectivity index (χ1v) is 6.35. The van der Waals surface area contributed by atoms with Gasteiger partial charge in [-0.1, -0.05) is 36.6 Å². The highest BCUT2D eigenvalue weighted by Gasteiger charge is 2.35. The van der Waals surface area contributed by atoms with Crippen LogP contribution in [0.2, 0.25) is 5.02 Å². The van der Waals surface area contributed by atoms with Crippen molar-refractivity contribution in [2.45, 2.75) is 31.1 Å². The van der Waals surface area contributed by atoms with E-state index in [2.05, 4.69) is 34.5 Å². The van der Waals surface area contributed by atoms with Gasteiger partial charge in [-0.25, -0.2) is 4.99 Å². The summed E-state index contributed by atoms with van der Waals surface area (Å²) in [5, 5.41) is 3.27. The van der Waals surface area contributed by atoms with Gasteiger partial charge >= 0.3 is 0 Å². The van der Waals surface area contributed by atoms with Crippen molar-refractivity contribution >= 4 is 29.0 Å². The maximum Gasteiger partial charge on any atom is 0.0589 e. The van der Waals surface area contributed by atoms with Crippen LogP contribution in [0.5, 0.6) is 0 Å². The van der Waals surface area contributed by atoms with Gasteiger partial charge in [0.2, 0.25) is 0 Å². The molecule has 84 valence electrons. The lowest BCUT2D eigenvalue weighted by Gasteiger charge is -2.27. The third-order valence-corrected chi connectivity index (χ3v) is 3.84. The van der Waals surface area contributed by atoms with Gasteiger partial charge in [-0.15, -0.1) is 0 Å². The molecule has 0 heterocycles. The van der Waals surface area contributed by atoms with Gasteiger partial charge in [-0.05, 0) is 42.8 Å². The number of nitrogens with zero attached hydrogens (tertiary/aromatic N) is 1. The molecule has 0 amide bonds. The average molecular weight is 252 g/mol. The molecule has 1 nitrogen and oxygen atoms in total. The quantitative estimate of drug-likeness (QED) is 0.578. The molecule has 0 spiro atoms. The van der Waals surface area contributed by atoms with E-state index in [1.54, 1.807) is 0 Å². The van der Waals surface area contributed by atoms with Crippen LogP contribution in [0, 0.1) is 0 Å². The lowest BCUT2D eigenvalue weighted by Crippen LogP contribution is -2.25. The van der Waals surface area contributed by atoms with Crippen LogP contribution in [0.3, 0.4) is 0 Å². The number of thiocarbonyl (C=S) groups is 1. The Kier molecular flexibility index (Phi) is 3.75. The van der Waals surface area contributed by atoms with Crippen LogP contribution in [-0.2, 0) is 5.41 Å². The van der Waals surface area contributed by atoms with E-state index in [1.807, 2.05) is 12.1 Å². The summed E-state index contributed by atoms with van der Waals surface area (Å²) >= 11 is 10.6. The molecular weight excluding hydrogens is 238 g/mol. The molecule has 0 aromatic heterocycles. The molecule has 0 bridgehead atoms. The zero-order valence-corrected chi connectivity index (χ0v) is 10.7. The van der Waals surface area contributed by atoms with Gasteiger partial charge in [-0.2, -0.15) is 0 Å². The molecule has 1 aliphatic rings. The molecule has 0 atom stereocenters. The minimum atomic E-state index is 0.177. The van der Waals surface area contributed by atoms with Crippen molar-refractivity contribution in [1.29, 1.82) is 0 Å². The second-order valence-corrected chi connectivity index (χ2v) is 5.02. The van der Waals surface area contributed by atoms with Crippen LogP contribution in [0.25, 0.3) is 0 Å². The molecule has 1 aliphatic carbocycles. The minimum Gasteiger partial charge on any atom is -0.232 e. The van der Waals surface area contributed by atoms with Crippen LogP contribution in [0.15, 0.2) is 29.3 Å². The Hall–Kier alpha value is -0.690. The van der Waals surface area contributed by atoms with Crippen LogP contribution in [0.1, 0.15) is 31.2 Å². The van der Waals surface area contributed by atoms with E-state index >= 15 is 0 Å². The van der Waals surface area contributed by atoms with Gasteiger partial charge in [0.05, 0.1) is 11.7 Å². The van der Waals surface area contributed by atoms with Gasteiger partial charge in [-0.3, -0.25) is 0 Å². The van der Waals surface area contributed by atoms with Crippen molar-refractivity contribution in [3.05, 3.63) is 34.9 Å². The Morgan fingerprint density at radius 3 is 2.44 bits per heavy atom. The molecule has 3 heteroatoms. The lowest BCUT2D eigenvalue weighted by molar-refractivity contribution is 0.455. The van der Waals surface area contributed by atoms with E-state index in [0.717, 1.165) is 11.6 Å². The van der Waals surface area contributed by atoms with Gasteiger partial charge in [0.1, 0.15) is 0 Å². The molecule has 1 aromatic carbocycles. The Labute approximate surface area is 107 Å². The average Bonchev–Trinajstić information content (AvgIpc) is 2.77. The Morgan fingerprint density at radius 1 is 1.25 bits per heavy atom. The number of hydrogen-bond donors (Lipinski definition) is 0. The monoisotopic (exact) mass is 251 g/mol. The fourth-order valence-electron chi connectivity index (χ4n) is 2.58. The first-order chi connectivity index (χ1) is 7.77. The molecule has 2 rings (SSSR count). The van der Waals surface area contributed by atoms with E-state index in [0.29, 0.717) is 0 Å². The van der Waals surface area contributed by atoms with Crippen molar-refractivity contribution in [1.82, 2.24) is 0 Å². The number of aliphatic imine (C=N–C) groups is 1. The minimum absolute atomic E-state index is 0.177. The van der Waals surface area contributed by atoms with E-state index < -0.39 is 0 Å². The van der Waals surface area contributed by atoms with Crippen LogP contribution in [-0.4, -0.2) is 11.7 Å². The molecule has 0 radical (unpaired) electrons. The van der Waals surface area contributed by atoms with Crippen molar-refractivity contribution in [2.75, 3.05) is 6.54 Å². The molecule has 1 aromatic rings. The zero-order chi connectivity index (χ0) is 11.4. The highest BCUT2D eigenvalue weighted by molar-refractivity contribution is 7.78. The predicted molar refractivity (Wildman–Crippen MR) is 71.5 cm³/mol. The predicted octanol–water partition coefficient (Wildman–Crippen LogP) is 4.25. The topological polar surface area (TPSA) is 12.4 Å². The Balaban J connectivity index is 2.31. The summed E-state index contributed by atoms with van der Waals surface area (Å²) < 4.78 is 0. The molecular formula is C13H14ClNS. The summed E-state index contributed by atoms with van der Waals surface area (Å²) in [6, 6.07) is 8.15. The van der Waals surface area contributed by atoms with Crippen molar-refractivity contribution in [2.24, 2.45) is 4.99 Å². The largest absolute Gasteiger partial charge is 0.232 e. The van der Waals surface area contributed by atoms with Gasteiger partial charge in [0, 0.05) is 10.4 Å². The third kappa shape index (κ3) is 2.35. The molecule has 0 unspecified atom stereocenters. The maximum atomic E-state index is 5.92. The highest BCUT2D eigenvalue weighted by atomic mass is 35.5. The maximum absolute atomic E-state index is 5.92. The molecule has 1 fully saturated rings. The van der Waals surface area contributed by atoms with E-state index in [9.17, 15) is 0 Å². The fourth-order valence-corrected chi connectivity index (χ4v) is 2.77. The summed E-state index contributed by atoms with van der Waals surface area (Å²) in [7, 11) is 0. The van der Waals surface area contributed by atoms with Gasteiger partial charge < -0.3 is 0 Å². The number of isothiocyanates is 1. The second kappa shape index (κ2) is 5.09. The molecule has 1 saturated carbocycles. The summed E-state index contributed by atoms with van der Waals surface area (Å²) in [6.45, 7) is 0.762. The SMILES string of the molecule is S=C=NCC1(c2ccc(Cl)cc2)CCCC1. The molecule has 0 saturated heterocycles. The number of rotatable bonds is 3. The van der Waals surface area contributed by atoms with E-state index in [4.69, 9.17) is 11.6 Å². The zero-order valence-electron chi connectivity index (χ0n) is 9.08. The summed E-state index contributed by atoms with van der Waals surface area (Å²) in [6.07, 6.45) is 4.93. The molecule has 16 heavy (non-hydrogen) atoms. The van der Waals surface area contributed by atoms with Crippen LogP contribution >= 0.6 is 23.8 Å². The molecule has 0 N–H and O–H groups in total. The number of benzene rings is 1. The molecule has 0 aliphatic heterocycles. The number of halogens is 1. The highest BCUT2D eigenvalue weighted by Crippen LogP contribution is 2.41. The lowest BCUT2D eigenvalue weighted by atomic mass is 9.79. The van der Waals surface area contributed by atoms with Crippen LogP contribution in [0.4, 0.5) is 0 Å². The van der Waals surface area contributed by atoms with E-state index in [1.165, 1.54) is 31.2 Å². The van der Waals surface area contributed by atoms with Gasteiger partial charge in [0.15, 0.2) is 0 Å². The van der Waals surface area contributed by atoms with Crippen LogP contribution < -0.4 is 0 Å². The van der Waals surface area contributed by atoms with E-state index in [-0.39, 0.29) is 5.41 Å². The van der Waals surface area contributed by atoms with Gasteiger partial charge in [0.25, 0.3) is 0 Å². The van der Waals surface area contributed by atoms with Crippen molar-refractivity contribution in [3.8, 4) is 0 Å². The smallest absolute Gasteiger partial charge is 0.0589 e. The fraction of sp³-hybridized carbons (Fsp3) is 0.462. The first-order valence-electron chi connectivity index (χ1n) is 5.56. The normalized spacial score (nSPS) is 18.1. The van der Waals surface area contributed by atoms with Crippen molar-refractivity contribution < 1.29 is 0 Å².